The minimum Gasteiger partial charge on any atom is -0.368 e. The molecule has 2 atom stereocenters. The predicted molar refractivity (Wildman–Crippen MR) is 106 cm³/mol. The van der Waals surface area contributed by atoms with Crippen LogP contribution in [0.1, 0.15) is 30.0 Å². The number of hydrogen-bond donors (Lipinski definition) is 1. The summed E-state index contributed by atoms with van der Waals surface area (Å²) in [6.45, 7) is 1.87. The molecule has 154 valence electrons. The fraction of sp³-hybridized carbons (Fsp3) is 0.364. The summed E-state index contributed by atoms with van der Waals surface area (Å²) in [4.78, 5) is 28.5. The van der Waals surface area contributed by atoms with Crippen LogP contribution in [0.2, 0.25) is 0 Å². The monoisotopic (exact) mass is 401 g/mol. The lowest BCUT2D eigenvalue weighted by Crippen LogP contribution is -2.46. The summed E-state index contributed by atoms with van der Waals surface area (Å²) in [5, 5.41) is 0. The van der Waals surface area contributed by atoms with Gasteiger partial charge in [0.25, 0.3) is 0 Å². The minimum absolute atomic E-state index is 0.206. The van der Waals surface area contributed by atoms with Gasteiger partial charge in [-0.15, -0.1) is 0 Å². The molecule has 0 saturated carbocycles. The molecule has 0 spiro atoms. The van der Waals surface area contributed by atoms with Crippen LogP contribution in [-0.4, -0.2) is 41.8 Å². The van der Waals surface area contributed by atoms with E-state index in [1.54, 1.807) is 12.1 Å². The van der Waals surface area contributed by atoms with Gasteiger partial charge in [0.1, 0.15) is 17.7 Å². The molecule has 3 rings (SSSR count). The van der Waals surface area contributed by atoms with E-state index < -0.39 is 17.8 Å². The molecule has 0 bridgehead atoms. The van der Waals surface area contributed by atoms with Crippen molar-refractivity contribution in [2.24, 2.45) is 11.7 Å². The molecular weight excluding hydrogens is 376 g/mol. The maximum Gasteiger partial charge on any atom is 0.244 e. The molecule has 2 unspecified atom stereocenters. The number of benzene rings is 2. The summed E-state index contributed by atoms with van der Waals surface area (Å²) in [5.41, 5.74) is 6.73. The van der Waals surface area contributed by atoms with Crippen molar-refractivity contribution in [1.29, 1.82) is 0 Å². The molecule has 1 fully saturated rings. The largest absolute Gasteiger partial charge is 0.368 e. The highest BCUT2D eigenvalue weighted by Crippen LogP contribution is 2.26. The number of piperidine rings is 1. The maximum absolute atomic E-state index is 13.6. The zero-order chi connectivity index (χ0) is 21.0. The average Bonchev–Trinajstić information content (AvgIpc) is 2.67. The van der Waals surface area contributed by atoms with E-state index in [9.17, 15) is 18.4 Å². The summed E-state index contributed by atoms with van der Waals surface area (Å²) in [5.74, 6) is -2.00. The molecule has 2 amide bonds. The number of hydrogen-bond acceptors (Lipinski definition) is 3. The maximum atomic E-state index is 13.6. The van der Waals surface area contributed by atoms with E-state index in [0.29, 0.717) is 25.1 Å². The molecule has 0 radical (unpaired) electrons. The van der Waals surface area contributed by atoms with Gasteiger partial charge < -0.3 is 10.6 Å². The van der Waals surface area contributed by atoms with Crippen molar-refractivity contribution in [2.45, 2.75) is 25.4 Å². The molecule has 2 aromatic rings. The van der Waals surface area contributed by atoms with E-state index in [4.69, 9.17) is 5.73 Å². The van der Waals surface area contributed by atoms with Crippen molar-refractivity contribution in [3.05, 3.63) is 71.3 Å². The quantitative estimate of drug-likeness (QED) is 0.810. The van der Waals surface area contributed by atoms with Gasteiger partial charge in [-0.05, 0) is 54.8 Å². The molecule has 0 aliphatic carbocycles. The lowest BCUT2D eigenvalue weighted by molar-refractivity contribution is -0.142. The molecule has 2 aromatic carbocycles. The molecule has 7 heteroatoms. The third kappa shape index (κ3) is 5.17. The van der Waals surface area contributed by atoms with E-state index in [0.717, 1.165) is 18.5 Å². The highest BCUT2D eigenvalue weighted by molar-refractivity contribution is 5.88. The number of rotatable bonds is 6. The third-order valence-electron chi connectivity index (χ3n) is 5.32. The second-order valence-electron chi connectivity index (χ2n) is 7.51. The SMILES string of the molecule is CN(C(=O)C1CCCN(Cc2cccc(F)c2)C1)C(C(N)=O)c1cccc(F)c1. The van der Waals surface area contributed by atoms with E-state index in [-0.39, 0.29) is 17.6 Å². The van der Waals surface area contributed by atoms with Gasteiger partial charge in [-0.3, -0.25) is 14.5 Å². The number of primary amides is 1. The van der Waals surface area contributed by atoms with Crippen LogP contribution in [0, 0.1) is 17.6 Å². The third-order valence-corrected chi connectivity index (χ3v) is 5.32. The number of carbonyl (C=O) groups is 2. The summed E-state index contributed by atoms with van der Waals surface area (Å²) < 4.78 is 27.0. The number of nitrogens with zero attached hydrogens (tertiary/aromatic N) is 2. The molecule has 5 nitrogen and oxygen atoms in total. The van der Waals surface area contributed by atoms with Gasteiger partial charge in [0.15, 0.2) is 0 Å². The summed E-state index contributed by atoms with van der Waals surface area (Å²) in [7, 11) is 1.52. The summed E-state index contributed by atoms with van der Waals surface area (Å²) in [6, 6.07) is 10.9. The van der Waals surface area contributed by atoms with Crippen LogP contribution in [0.15, 0.2) is 48.5 Å². The van der Waals surface area contributed by atoms with Crippen molar-refractivity contribution < 1.29 is 18.4 Å². The average molecular weight is 401 g/mol. The number of amides is 2. The molecule has 1 aliphatic rings. The molecule has 29 heavy (non-hydrogen) atoms. The Kier molecular flexibility index (Phi) is 6.59. The lowest BCUT2D eigenvalue weighted by Gasteiger charge is -2.35. The first-order chi connectivity index (χ1) is 13.8. The van der Waals surface area contributed by atoms with Gasteiger partial charge in [0, 0.05) is 20.1 Å². The van der Waals surface area contributed by atoms with Crippen molar-refractivity contribution >= 4 is 11.8 Å². The van der Waals surface area contributed by atoms with E-state index in [1.807, 2.05) is 6.07 Å². The zero-order valence-electron chi connectivity index (χ0n) is 16.4. The van der Waals surface area contributed by atoms with Crippen LogP contribution in [0.25, 0.3) is 0 Å². The Labute approximate surface area is 169 Å². The molecule has 1 heterocycles. The normalized spacial score (nSPS) is 18.2. The predicted octanol–water partition coefficient (Wildman–Crippen LogP) is 2.86. The number of likely N-dealkylation sites (tertiary alicyclic amines) is 1. The summed E-state index contributed by atoms with van der Waals surface area (Å²) >= 11 is 0. The fourth-order valence-corrected chi connectivity index (χ4v) is 3.96. The highest BCUT2D eigenvalue weighted by Gasteiger charge is 2.33. The number of halogens is 2. The van der Waals surface area contributed by atoms with Crippen LogP contribution in [-0.2, 0) is 16.1 Å². The van der Waals surface area contributed by atoms with Crippen LogP contribution in [0.3, 0.4) is 0 Å². The first-order valence-corrected chi connectivity index (χ1v) is 9.63. The minimum atomic E-state index is -1.03. The molecular formula is C22H25F2N3O2. The van der Waals surface area contributed by atoms with Crippen molar-refractivity contribution in [2.75, 3.05) is 20.1 Å². The number of likely N-dealkylation sites (N-methyl/N-ethyl adjacent to an activating group) is 1. The standard InChI is InChI=1S/C22H25F2N3O2/c1-26(20(21(25)28)16-6-3-9-19(24)12-16)22(29)17-7-4-10-27(14-17)13-15-5-2-8-18(23)11-15/h2-3,5-6,8-9,11-12,17,20H,4,7,10,13-14H2,1H3,(H2,25,28). The summed E-state index contributed by atoms with van der Waals surface area (Å²) in [6.07, 6.45) is 1.51. The van der Waals surface area contributed by atoms with Crippen LogP contribution < -0.4 is 5.73 Å². The van der Waals surface area contributed by atoms with Gasteiger partial charge in [0.05, 0.1) is 5.92 Å². The number of nitrogens with two attached hydrogens (primary N) is 1. The molecule has 2 N–H and O–H groups in total. The Hall–Kier alpha value is -2.80. The topological polar surface area (TPSA) is 66.6 Å². The van der Waals surface area contributed by atoms with Crippen LogP contribution >= 0.6 is 0 Å². The Balaban J connectivity index is 1.71. The van der Waals surface area contributed by atoms with Crippen molar-refractivity contribution in [1.82, 2.24) is 9.80 Å². The molecule has 1 saturated heterocycles. The second-order valence-corrected chi connectivity index (χ2v) is 7.51. The van der Waals surface area contributed by atoms with Gasteiger partial charge in [0.2, 0.25) is 11.8 Å². The van der Waals surface area contributed by atoms with Gasteiger partial charge >= 0.3 is 0 Å². The van der Waals surface area contributed by atoms with E-state index in [1.165, 1.54) is 42.3 Å². The van der Waals surface area contributed by atoms with Gasteiger partial charge in [-0.2, -0.15) is 0 Å². The zero-order valence-corrected chi connectivity index (χ0v) is 16.4. The first kappa shape index (κ1) is 20.9. The Morgan fingerprint density at radius 1 is 1.17 bits per heavy atom. The Morgan fingerprint density at radius 2 is 1.86 bits per heavy atom. The van der Waals surface area contributed by atoms with Crippen molar-refractivity contribution in [3.63, 3.8) is 0 Å². The van der Waals surface area contributed by atoms with Crippen LogP contribution in [0.5, 0.6) is 0 Å². The highest BCUT2D eigenvalue weighted by atomic mass is 19.1. The number of carbonyl (C=O) groups excluding carboxylic acids is 2. The lowest BCUT2D eigenvalue weighted by atomic mass is 9.94. The van der Waals surface area contributed by atoms with Gasteiger partial charge in [-0.1, -0.05) is 24.3 Å². The van der Waals surface area contributed by atoms with Gasteiger partial charge in [-0.25, -0.2) is 8.78 Å². The molecule has 0 aromatic heterocycles. The first-order valence-electron chi connectivity index (χ1n) is 9.63. The Bertz CT molecular complexity index is 890. The van der Waals surface area contributed by atoms with E-state index >= 15 is 0 Å². The molecule has 1 aliphatic heterocycles. The smallest absolute Gasteiger partial charge is 0.244 e. The Morgan fingerprint density at radius 3 is 2.52 bits per heavy atom. The van der Waals surface area contributed by atoms with Crippen LogP contribution in [0.4, 0.5) is 8.78 Å². The van der Waals surface area contributed by atoms with E-state index in [2.05, 4.69) is 4.90 Å². The fourth-order valence-electron chi connectivity index (χ4n) is 3.96. The van der Waals surface area contributed by atoms with Crippen molar-refractivity contribution in [3.8, 4) is 0 Å². The second kappa shape index (κ2) is 9.13.